The van der Waals surface area contributed by atoms with E-state index >= 15 is 0 Å². The van der Waals surface area contributed by atoms with Gasteiger partial charge in [0.2, 0.25) is 0 Å². The smallest absolute Gasteiger partial charge is 0.263 e. The molecule has 5 aromatic rings. The summed E-state index contributed by atoms with van der Waals surface area (Å²) in [4.78, 5) is 20.5. The molecule has 0 amide bonds. The first kappa shape index (κ1) is 19.4. The summed E-state index contributed by atoms with van der Waals surface area (Å²) in [5.74, 6) is 0.264. The lowest BCUT2D eigenvalue weighted by Crippen LogP contribution is -2.24. The Kier molecular flexibility index (Phi) is 4.96. The van der Waals surface area contributed by atoms with E-state index in [9.17, 15) is 9.18 Å². The molecular weight excluding hydrogens is 407 g/mol. The van der Waals surface area contributed by atoms with E-state index in [0.717, 1.165) is 26.4 Å². The van der Waals surface area contributed by atoms with Crippen molar-refractivity contribution >= 4 is 21.6 Å². The number of benzene rings is 3. The van der Waals surface area contributed by atoms with E-state index in [1.165, 1.54) is 23.5 Å². The predicted molar refractivity (Wildman–Crippen MR) is 125 cm³/mol. The van der Waals surface area contributed by atoms with Crippen LogP contribution in [-0.4, -0.2) is 9.55 Å². The third-order valence-corrected chi connectivity index (χ3v) is 6.31. The number of rotatable bonds is 4. The molecule has 3 aromatic carbocycles. The fourth-order valence-electron chi connectivity index (χ4n) is 3.92. The second-order valence-electron chi connectivity index (χ2n) is 7.40. The fourth-order valence-corrected chi connectivity index (χ4v) is 4.96. The summed E-state index contributed by atoms with van der Waals surface area (Å²) in [6.07, 6.45) is 0. The van der Waals surface area contributed by atoms with Crippen LogP contribution in [0.4, 0.5) is 4.39 Å². The van der Waals surface area contributed by atoms with E-state index in [4.69, 9.17) is 4.98 Å². The number of aryl methyl sites for hydroxylation is 1. The topological polar surface area (TPSA) is 34.9 Å². The first-order valence-electron chi connectivity index (χ1n) is 10.0. The van der Waals surface area contributed by atoms with Crippen molar-refractivity contribution in [1.82, 2.24) is 9.55 Å². The number of nitrogens with zero attached hydrogens (tertiary/aromatic N) is 2. The Morgan fingerprint density at radius 1 is 0.903 bits per heavy atom. The summed E-state index contributed by atoms with van der Waals surface area (Å²) in [6, 6.07) is 25.9. The van der Waals surface area contributed by atoms with Gasteiger partial charge in [0.1, 0.15) is 16.5 Å². The van der Waals surface area contributed by atoms with Gasteiger partial charge in [-0.15, -0.1) is 11.3 Å². The molecule has 2 aromatic heterocycles. The average Bonchev–Trinajstić information content (AvgIpc) is 3.13. The summed E-state index contributed by atoms with van der Waals surface area (Å²) in [5.41, 5.74) is 3.37. The molecule has 0 aliphatic carbocycles. The molecule has 0 atom stereocenters. The standard InChI is InChI=1S/C26H19FN2OS/c1-17-22(19-10-4-2-5-11-19)23-25(31-17)28-24(20-12-6-3-7-13-20)29(26(23)30)16-18-9-8-14-21(27)15-18/h2-15H,16H2,1H3. The first-order chi connectivity index (χ1) is 15.1. The summed E-state index contributed by atoms with van der Waals surface area (Å²) < 4.78 is 15.5. The molecule has 0 spiro atoms. The van der Waals surface area contributed by atoms with Crippen LogP contribution in [0.3, 0.4) is 0 Å². The van der Waals surface area contributed by atoms with Gasteiger partial charge in [0, 0.05) is 16.0 Å². The van der Waals surface area contributed by atoms with Crippen molar-refractivity contribution in [2.24, 2.45) is 0 Å². The van der Waals surface area contributed by atoms with E-state index in [1.54, 1.807) is 10.6 Å². The number of thiophene rings is 1. The van der Waals surface area contributed by atoms with Gasteiger partial charge in [0.15, 0.2) is 0 Å². The van der Waals surface area contributed by atoms with Crippen LogP contribution in [0.5, 0.6) is 0 Å². The zero-order chi connectivity index (χ0) is 21.4. The van der Waals surface area contributed by atoms with Gasteiger partial charge in [0.05, 0.1) is 11.9 Å². The predicted octanol–water partition coefficient (Wildman–Crippen LogP) is 6.29. The molecule has 2 heterocycles. The van der Waals surface area contributed by atoms with Gasteiger partial charge in [-0.05, 0) is 30.2 Å². The minimum atomic E-state index is -0.322. The molecule has 0 fully saturated rings. The molecule has 0 N–H and O–H groups in total. The van der Waals surface area contributed by atoms with Crippen molar-refractivity contribution < 1.29 is 4.39 Å². The molecule has 3 nitrogen and oxygen atoms in total. The largest absolute Gasteiger partial charge is 0.288 e. The van der Waals surface area contributed by atoms with Crippen LogP contribution >= 0.6 is 11.3 Å². The summed E-state index contributed by atoms with van der Waals surface area (Å²) in [7, 11) is 0. The third-order valence-electron chi connectivity index (χ3n) is 5.31. The Morgan fingerprint density at radius 2 is 1.58 bits per heavy atom. The number of fused-ring (bicyclic) bond motifs is 1. The number of halogens is 1. The van der Waals surface area contributed by atoms with Crippen LogP contribution in [0.1, 0.15) is 10.4 Å². The number of hydrogen-bond donors (Lipinski definition) is 0. The molecule has 0 radical (unpaired) electrons. The highest BCUT2D eigenvalue weighted by molar-refractivity contribution is 7.19. The normalized spacial score (nSPS) is 11.2. The van der Waals surface area contributed by atoms with Gasteiger partial charge in [0.25, 0.3) is 5.56 Å². The maximum atomic E-state index is 13.9. The van der Waals surface area contributed by atoms with Gasteiger partial charge < -0.3 is 0 Å². The Morgan fingerprint density at radius 3 is 2.26 bits per heavy atom. The molecule has 0 unspecified atom stereocenters. The second kappa shape index (κ2) is 7.93. The van der Waals surface area contributed by atoms with Crippen LogP contribution in [0.15, 0.2) is 89.7 Å². The molecule has 0 aliphatic rings. The zero-order valence-electron chi connectivity index (χ0n) is 16.9. The average molecular weight is 427 g/mol. The lowest BCUT2D eigenvalue weighted by molar-refractivity contribution is 0.623. The maximum Gasteiger partial charge on any atom is 0.263 e. The Labute approximate surface area is 183 Å². The molecule has 152 valence electrons. The summed E-state index contributed by atoms with van der Waals surface area (Å²) in [5, 5.41) is 0.616. The molecular formula is C26H19FN2OS. The minimum absolute atomic E-state index is 0.115. The minimum Gasteiger partial charge on any atom is -0.288 e. The highest BCUT2D eigenvalue weighted by Crippen LogP contribution is 2.36. The molecule has 5 heteroatoms. The van der Waals surface area contributed by atoms with Crippen molar-refractivity contribution in [3.8, 4) is 22.5 Å². The van der Waals surface area contributed by atoms with Crippen LogP contribution in [0.2, 0.25) is 0 Å². The molecule has 0 saturated carbocycles. The van der Waals surface area contributed by atoms with Crippen molar-refractivity contribution in [3.63, 3.8) is 0 Å². The van der Waals surface area contributed by atoms with Crippen LogP contribution in [-0.2, 0) is 6.54 Å². The molecule has 5 rings (SSSR count). The Balaban J connectivity index is 1.81. The lowest BCUT2D eigenvalue weighted by atomic mass is 10.0. The molecule has 0 bridgehead atoms. The molecule has 0 aliphatic heterocycles. The Bertz CT molecular complexity index is 1440. The van der Waals surface area contributed by atoms with Gasteiger partial charge in [-0.25, -0.2) is 9.37 Å². The monoisotopic (exact) mass is 426 g/mol. The SMILES string of the molecule is Cc1sc2nc(-c3ccccc3)n(Cc3cccc(F)c3)c(=O)c2c1-c1ccccc1. The molecule has 0 saturated heterocycles. The summed E-state index contributed by atoms with van der Waals surface area (Å²) >= 11 is 1.53. The van der Waals surface area contributed by atoms with Gasteiger partial charge in [-0.3, -0.25) is 9.36 Å². The molecule has 31 heavy (non-hydrogen) atoms. The van der Waals surface area contributed by atoms with Gasteiger partial charge in [-0.1, -0.05) is 72.8 Å². The van der Waals surface area contributed by atoms with E-state index in [2.05, 4.69) is 0 Å². The quantitative estimate of drug-likeness (QED) is 0.339. The van der Waals surface area contributed by atoms with Crippen molar-refractivity contribution in [1.29, 1.82) is 0 Å². The van der Waals surface area contributed by atoms with Crippen LogP contribution < -0.4 is 5.56 Å². The second-order valence-corrected chi connectivity index (χ2v) is 8.61. The third kappa shape index (κ3) is 3.57. The van der Waals surface area contributed by atoms with Crippen molar-refractivity contribution in [3.05, 3.63) is 112 Å². The zero-order valence-corrected chi connectivity index (χ0v) is 17.7. The van der Waals surface area contributed by atoms with E-state index in [-0.39, 0.29) is 17.9 Å². The highest BCUT2D eigenvalue weighted by Gasteiger charge is 2.20. The summed E-state index contributed by atoms with van der Waals surface area (Å²) in [6.45, 7) is 2.26. The van der Waals surface area contributed by atoms with Crippen molar-refractivity contribution in [2.75, 3.05) is 0 Å². The van der Waals surface area contributed by atoms with Gasteiger partial charge >= 0.3 is 0 Å². The van der Waals surface area contributed by atoms with Crippen molar-refractivity contribution in [2.45, 2.75) is 13.5 Å². The van der Waals surface area contributed by atoms with Crippen LogP contribution in [0, 0.1) is 12.7 Å². The lowest BCUT2D eigenvalue weighted by Gasteiger charge is -2.13. The van der Waals surface area contributed by atoms with E-state index in [0.29, 0.717) is 16.8 Å². The number of aromatic nitrogens is 2. The number of hydrogen-bond acceptors (Lipinski definition) is 3. The van der Waals surface area contributed by atoms with Crippen LogP contribution in [0.25, 0.3) is 32.7 Å². The first-order valence-corrected chi connectivity index (χ1v) is 10.8. The highest BCUT2D eigenvalue weighted by atomic mass is 32.1. The van der Waals surface area contributed by atoms with E-state index in [1.807, 2.05) is 73.7 Å². The van der Waals surface area contributed by atoms with Gasteiger partial charge in [-0.2, -0.15) is 0 Å². The Hall–Kier alpha value is -3.57. The maximum absolute atomic E-state index is 13.9. The fraction of sp³-hybridized carbons (Fsp3) is 0.0769. The van der Waals surface area contributed by atoms with E-state index < -0.39 is 0 Å².